The minimum absolute atomic E-state index is 0.198. The molecule has 1 atom stereocenters. The van der Waals surface area contributed by atoms with Crippen LogP contribution < -0.4 is 15.5 Å². The monoisotopic (exact) mass is 395 g/mol. The molecule has 0 aliphatic heterocycles. The summed E-state index contributed by atoms with van der Waals surface area (Å²) in [6.45, 7) is 12.1. The lowest BCUT2D eigenvalue weighted by molar-refractivity contribution is -0.118. The molecule has 2 amide bonds. The van der Waals surface area contributed by atoms with Crippen molar-refractivity contribution < 1.29 is 9.59 Å². The number of carbonyl (C=O) groups is 2. The Balaban J connectivity index is 2.10. The molecule has 0 aliphatic rings. The van der Waals surface area contributed by atoms with Gasteiger partial charge >= 0.3 is 0 Å². The van der Waals surface area contributed by atoms with Crippen molar-refractivity contribution in [2.75, 3.05) is 23.3 Å². The summed E-state index contributed by atoms with van der Waals surface area (Å²) in [5, 5.41) is 5.86. The number of anilines is 2. The van der Waals surface area contributed by atoms with E-state index in [1.165, 1.54) is 0 Å². The standard InChI is InChI=1S/C24H33N3O2/c1-6-27(7-2)20-14-12-19(13-15-20)25-24(29)22(16-17(3)4)26-23(28)21-11-9-8-10-18(21)5/h8-15,17,22H,6-7,16H2,1-5H3,(H,25,29)(H,26,28)/t22-/m1/s1. The van der Waals surface area contributed by atoms with Gasteiger partial charge in [0.1, 0.15) is 6.04 Å². The predicted molar refractivity (Wildman–Crippen MR) is 121 cm³/mol. The van der Waals surface area contributed by atoms with Gasteiger partial charge in [-0.2, -0.15) is 0 Å². The fourth-order valence-corrected chi connectivity index (χ4v) is 3.34. The Morgan fingerprint density at radius 1 is 0.966 bits per heavy atom. The fraction of sp³-hybridized carbons (Fsp3) is 0.417. The number of hydrogen-bond acceptors (Lipinski definition) is 3. The van der Waals surface area contributed by atoms with Gasteiger partial charge in [-0.15, -0.1) is 0 Å². The van der Waals surface area contributed by atoms with E-state index in [-0.39, 0.29) is 17.7 Å². The summed E-state index contributed by atoms with van der Waals surface area (Å²) in [5.41, 5.74) is 3.34. The van der Waals surface area contributed by atoms with Crippen LogP contribution in [0.1, 0.15) is 50.0 Å². The number of amides is 2. The van der Waals surface area contributed by atoms with Gasteiger partial charge in [-0.05, 0) is 69.0 Å². The molecule has 0 fully saturated rings. The van der Waals surface area contributed by atoms with E-state index in [1.807, 2.05) is 63.2 Å². The number of nitrogens with one attached hydrogen (secondary N) is 2. The van der Waals surface area contributed by atoms with Crippen molar-refractivity contribution in [1.82, 2.24) is 5.32 Å². The average Bonchev–Trinajstić information content (AvgIpc) is 2.69. The summed E-state index contributed by atoms with van der Waals surface area (Å²) in [4.78, 5) is 27.8. The molecule has 0 bridgehead atoms. The van der Waals surface area contributed by atoms with Gasteiger partial charge in [0.25, 0.3) is 5.91 Å². The number of carbonyl (C=O) groups excluding carboxylic acids is 2. The van der Waals surface area contributed by atoms with Gasteiger partial charge in [-0.25, -0.2) is 0 Å². The number of nitrogens with zero attached hydrogens (tertiary/aromatic N) is 1. The summed E-state index contributed by atoms with van der Waals surface area (Å²) in [7, 11) is 0. The second kappa shape index (κ2) is 10.6. The molecule has 0 aliphatic carbocycles. The molecule has 0 unspecified atom stereocenters. The SMILES string of the molecule is CCN(CC)c1ccc(NC(=O)[C@@H](CC(C)C)NC(=O)c2ccccc2C)cc1. The smallest absolute Gasteiger partial charge is 0.252 e. The minimum Gasteiger partial charge on any atom is -0.372 e. The molecule has 5 heteroatoms. The van der Waals surface area contributed by atoms with Crippen LogP contribution in [0, 0.1) is 12.8 Å². The molecule has 0 spiro atoms. The molecular weight excluding hydrogens is 362 g/mol. The van der Waals surface area contributed by atoms with E-state index in [2.05, 4.69) is 29.4 Å². The normalized spacial score (nSPS) is 11.8. The maximum atomic E-state index is 12.9. The molecule has 2 aromatic rings. The summed E-state index contributed by atoms with van der Waals surface area (Å²) in [6, 6.07) is 14.6. The molecular formula is C24H33N3O2. The number of rotatable bonds is 9. The van der Waals surface area contributed by atoms with Crippen molar-refractivity contribution in [3.05, 3.63) is 59.7 Å². The van der Waals surface area contributed by atoms with Crippen LogP contribution in [-0.4, -0.2) is 30.9 Å². The first kappa shape index (κ1) is 22.5. The first-order valence-corrected chi connectivity index (χ1v) is 10.4. The topological polar surface area (TPSA) is 61.4 Å². The molecule has 2 aromatic carbocycles. The summed E-state index contributed by atoms with van der Waals surface area (Å²) < 4.78 is 0. The lowest BCUT2D eigenvalue weighted by Crippen LogP contribution is -2.44. The Labute approximate surface area is 174 Å². The van der Waals surface area contributed by atoms with Crippen LogP contribution in [0.3, 0.4) is 0 Å². The van der Waals surface area contributed by atoms with Gasteiger partial charge < -0.3 is 15.5 Å². The number of benzene rings is 2. The van der Waals surface area contributed by atoms with Crippen molar-refractivity contribution in [1.29, 1.82) is 0 Å². The van der Waals surface area contributed by atoms with Crippen molar-refractivity contribution in [3.8, 4) is 0 Å². The molecule has 29 heavy (non-hydrogen) atoms. The zero-order valence-electron chi connectivity index (χ0n) is 18.2. The minimum atomic E-state index is -0.593. The molecule has 2 rings (SSSR count). The Kier molecular flexibility index (Phi) is 8.25. The highest BCUT2D eigenvalue weighted by atomic mass is 16.2. The van der Waals surface area contributed by atoms with Gasteiger partial charge in [0, 0.05) is 30.0 Å². The molecule has 5 nitrogen and oxygen atoms in total. The second-order valence-electron chi connectivity index (χ2n) is 7.68. The van der Waals surface area contributed by atoms with Crippen LogP contribution in [0.2, 0.25) is 0 Å². The van der Waals surface area contributed by atoms with Crippen molar-refractivity contribution in [2.45, 2.75) is 47.1 Å². The highest BCUT2D eigenvalue weighted by molar-refractivity contribution is 6.01. The quantitative estimate of drug-likeness (QED) is 0.651. The lowest BCUT2D eigenvalue weighted by atomic mass is 10.0. The summed E-state index contributed by atoms with van der Waals surface area (Å²) in [6.07, 6.45) is 0.570. The molecule has 0 radical (unpaired) electrons. The maximum absolute atomic E-state index is 12.9. The second-order valence-corrected chi connectivity index (χ2v) is 7.68. The van der Waals surface area contributed by atoms with Gasteiger partial charge in [0.05, 0.1) is 0 Å². The third-order valence-corrected chi connectivity index (χ3v) is 4.98. The number of hydrogen-bond donors (Lipinski definition) is 2. The van der Waals surface area contributed by atoms with Crippen LogP contribution in [0.5, 0.6) is 0 Å². The Hall–Kier alpha value is -2.82. The third kappa shape index (κ3) is 6.34. The van der Waals surface area contributed by atoms with Crippen molar-refractivity contribution in [3.63, 3.8) is 0 Å². The first-order valence-electron chi connectivity index (χ1n) is 10.4. The van der Waals surface area contributed by atoms with E-state index in [1.54, 1.807) is 6.07 Å². The van der Waals surface area contributed by atoms with E-state index in [9.17, 15) is 9.59 Å². The highest BCUT2D eigenvalue weighted by Gasteiger charge is 2.23. The van der Waals surface area contributed by atoms with E-state index >= 15 is 0 Å². The summed E-state index contributed by atoms with van der Waals surface area (Å²) in [5.74, 6) is -0.148. The Morgan fingerprint density at radius 2 is 1.59 bits per heavy atom. The van der Waals surface area contributed by atoms with E-state index in [0.717, 1.165) is 30.0 Å². The molecule has 2 N–H and O–H groups in total. The van der Waals surface area contributed by atoms with Crippen LogP contribution in [-0.2, 0) is 4.79 Å². The van der Waals surface area contributed by atoms with Gasteiger partial charge in [0.15, 0.2) is 0 Å². The van der Waals surface area contributed by atoms with Crippen LogP contribution >= 0.6 is 0 Å². The van der Waals surface area contributed by atoms with E-state index < -0.39 is 6.04 Å². The fourth-order valence-electron chi connectivity index (χ4n) is 3.34. The molecule has 0 heterocycles. The van der Waals surface area contributed by atoms with Crippen LogP contribution in [0.15, 0.2) is 48.5 Å². The zero-order chi connectivity index (χ0) is 21.4. The Bertz CT molecular complexity index is 811. The van der Waals surface area contributed by atoms with E-state index in [0.29, 0.717) is 12.0 Å². The number of aryl methyl sites for hydroxylation is 1. The molecule has 156 valence electrons. The van der Waals surface area contributed by atoms with Crippen LogP contribution in [0.25, 0.3) is 0 Å². The molecule has 0 saturated carbocycles. The average molecular weight is 396 g/mol. The predicted octanol–water partition coefficient (Wildman–Crippen LogP) is 4.62. The molecule has 0 saturated heterocycles. The van der Waals surface area contributed by atoms with Crippen molar-refractivity contribution in [2.24, 2.45) is 5.92 Å². The Morgan fingerprint density at radius 3 is 2.14 bits per heavy atom. The maximum Gasteiger partial charge on any atom is 0.252 e. The van der Waals surface area contributed by atoms with E-state index in [4.69, 9.17) is 0 Å². The summed E-state index contributed by atoms with van der Waals surface area (Å²) >= 11 is 0. The van der Waals surface area contributed by atoms with Gasteiger partial charge in [0.2, 0.25) is 5.91 Å². The first-order chi connectivity index (χ1) is 13.8. The van der Waals surface area contributed by atoms with Gasteiger partial charge in [-0.3, -0.25) is 9.59 Å². The van der Waals surface area contributed by atoms with Crippen molar-refractivity contribution >= 4 is 23.2 Å². The largest absolute Gasteiger partial charge is 0.372 e. The van der Waals surface area contributed by atoms with Crippen LogP contribution in [0.4, 0.5) is 11.4 Å². The third-order valence-electron chi connectivity index (χ3n) is 4.98. The lowest BCUT2D eigenvalue weighted by Gasteiger charge is -2.22. The molecule has 0 aromatic heterocycles. The zero-order valence-corrected chi connectivity index (χ0v) is 18.2. The van der Waals surface area contributed by atoms with Gasteiger partial charge in [-0.1, -0.05) is 32.0 Å². The highest BCUT2D eigenvalue weighted by Crippen LogP contribution is 2.18.